The van der Waals surface area contributed by atoms with Gasteiger partial charge in [0.1, 0.15) is 5.82 Å². The van der Waals surface area contributed by atoms with E-state index in [1.807, 2.05) is 0 Å². The molecular formula is C24H34ClFN4O3. The molecular weight excluding hydrogens is 447 g/mol. The van der Waals surface area contributed by atoms with Gasteiger partial charge in [-0.2, -0.15) is 0 Å². The summed E-state index contributed by atoms with van der Waals surface area (Å²) in [5.41, 5.74) is 2.50. The van der Waals surface area contributed by atoms with Gasteiger partial charge < -0.3 is 15.0 Å². The summed E-state index contributed by atoms with van der Waals surface area (Å²) in [5.74, 6) is -0.538. The lowest BCUT2D eigenvalue weighted by atomic mass is 9.89. The molecule has 1 aromatic heterocycles. The number of carbonyl (C=O) groups excluding carboxylic acids is 1. The second kappa shape index (κ2) is 12.1. The van der Waals surface area contributed by atoms with E-state index in [2.05, 4.69) is 20.7 Å². The van der Waals surface area contributed by atoms with Crippen LogP contribution < -0.4 is 10.8 Å². The molecule has 1 aromatic rings. The van der Waals surface area contributed by atoms with Crippen LogP contribution in [0.15, 0.2) is 18.1 Å². The summed E-state index contributed by atoms with van der Waals surface area (Å²) in [4.78, 5) is 24.0. The van der Waals surface area contributed by atoms with Gasteiger partial charge in [-0.05, 0) is 55.7 Å². The standard InChI is InChI=1S/C24H34ClFN4O3/c25-20-12-18(13-21(26)24(31)29-33-22-8-4-5-11-32-22)14-27-23(20)28-19-9-10-30(16-19)15-17-6-2-1-3-7-17/h12-14,17,19,22H,1-11,15-16H2,(H,27,28)(H,29,31)/b21-13+/t19-,22?/m1/s1. The molecule has 182 valence electrons. The molecule has 1 saturated carbocycles. The Hall–Kier alpha value is -1.74. The quantitative estimate of drug-likeness (QED) is 0.415. The fraction of sp³-hybridized carbons (Fsp3) is 0.667. The minimum Gasteiger partial charge on any atom is -0.365 e. The smallest absolute Gasteiger partial charge is 0.303 e. The normalized spacial score (nSPS) is 25.2. The predicted molar refractivity (Wildman–Crippen MR) is 126 cm³/mol. The highest BCUT2D eigenvalue weighted by molar-refractivity contribution is 6.33. The number of hydrogen-bond acceptors (Lipinski definition) is 6. The highest BCUT2D eigenvalue weighted by atomic mass is 35.5. The third kappa shape index (κ3) is 7.37. The minimum atomic E-state index is -0.987. The Morgan fingerprint density at radius 1 is 1.24 bits per heavy atom. The Morgan fingerprint density at radius 3 is 2.82 bits per heavy atom. The number of rotatable bonds is 8. The van der Waals surface area contributed by atoms with Crippen LogP contribution >= 0.6 is 11.6 Å². The van der Waals surface area contributed by atoms with Crippen molar-refractivity contribution in [2.45, 2.75) is 70.1 Å². The summed E-state index contributed by atoms with van der Waals surface area (Å²) in [6.45, 7) is 3.82. The van der Waals surface area contributed by atoms with Gasteiger partial charge in [-0.3, -0.25) is 4.79 Å². The van der Waals surface area contributed by atoms with Gasteiger partial charge in [-0.25, -0.2) is 19.7 Å². The maximum Gasteiger partial charge on any atom is 0.303 e. The number of amides is 1. The van der Waals surface area contributed by atoms with Crippen LogP contribution in [0.1, 0.15) is 63.4 Å². The molecule has 2 saturated heterocycles. The van der Waals surface area contributed by atoms with E-state index in [0.29, 0.717) is 35.5 Å². The minimum absolute atomic E-state index is 0.293. The van der Waals surface area contributed by atoms with Crippen molar-refractivity contribution < 1.29 is 18.8 Å². The summed E-state index contributed by atoms with van der Waals surface area (Å²) in [5, 5.41) is 3.82. The van der Waals surface area contributed by atoms with Crippen LogP contribution in [0.25, 0.3) is 6.08 Å². The van der Waals surface area contributed by atoms with Crippen LogP contribution in [0.4, 0.5) is 10.2 Å². The zero-order chi connectivity index (χ0) is 23.0. The predicted octanol–water partition coefficient (Wildman–Crippen LogP) is 4.69. The van der Waals surface area contributed by atoms with Crippen LogP contribution in [0.5, 0.6) is 0 Å². The number of nitrogens with one attached hydrogen (secondary N) is 2. The van der Waals surface area contributed by atoms with Crippen molar-refractivity contribution in [2.24, 2.45) is 5.92 Å². The monoisotopic (exact) mass is 480 g/mol. The molecule has 0 bridgehead atoms. The van der Waals surface area contributed by atoms with Crippen molar-refractivity contribution in [3.05, 3.63) is 28.7 Å². The van der Waals surface area contributed by atoms with Crippen molar-refractivity contribution in [1.82, 2.24) is 15.4 Å². The van der Waals surface area contributed by atoms with E-state index in [-0.39, 0.29) is 0 Å². The molecule has 2 N–H and O–H groups in total. The first-order valence-corrected chi connectivity index (χ1v) is 12.5. The molecule has 33 heavy (non-hydrogen) atoms. The maximum atomic E-state index is 14.3. The fourth-order valence-corrected chi connectivity index (χ4v) is 5.10. The fourth-order valence-electron chi connectivity index (χ4n) is 4.87. The van der Waals surface area contributed by atoms with Gasteiger partial charge in [0.15, 0.2) is 12.1 Å². The second-order valence-corrected chi connectivity index (χ2v) is 9.74. The Bertz CT molecular complexity index is 828. The van der Waals surface area contributed by atoms with E-state index < -0.39 is 18.0 Å². The number of pyridine rings is 1. The first-order chi connectivity index (χ1) is 16.1. The molecule has 1 aliphatic carbocycles. The lowest BCUT2D eigenvalue weighted by Gasteiger charge is -2.26. The van der Waals surface area contributed by atoms with Gasteiger partial charge in [0, 0.05) is 44.9 Å². The molecule has 1 amide bonds. The Morgan fingerprint density at radius 2 is 2.06 bits per heavy atom. The summed E-state index contributed by atoms with van der Waals surface area (Å²) in [6, 6.07) is 1.89. The van der Waals surface area contributed by atoms with Crippen LogP contribution in [-0.2, 0) is 14.4 Å². The molecule has 2 atom stereocenters. The molecule has 7 nitrogen and oxygen atoms in total. The molecule has 0 spiro atoms. The third-order valence-electron chi connectivity index (χ3n) is 6.65. The van der Waals surface area contributed by atoms with Crippen LogP contribution in [0.3, 0.4) is 0 Å². The topological polar surface area (TPSA) is 75.7 Å². The highest BCUT2D eigenvalue weighted by Crippen LogP contribution is 2.27. The second-order valence-electron chi connectivity index (χ2n) is 9.33. The van der Waals surface area contributed by atoms with Gasteiger partial charge in [0.2, 0.25) is 0 Å². The molecule has 3 heterocycles. The third-order valence-corrected chi connectivity index (χ3v) is 6.94. The van der Waals surface area contributed by atoms with Crippen molar-refractivity contribution in [2.75, 3.05) is 31.6 Å². The van der Waals surface area contributed by atoms with E-state index in [9.17, 15) is 9.18 Å². The molecule has 2 aliphatic heterocycles. The molecule has 0 aromatic carbocycles. The number of hydroxylamine groups is 1. The Labute approximate surface area is 200 Å². The number of aromatic nitrogens is 1. The first-order valence-electron chi connectivity index (χ1n) is 12.2. The summed E-state index contributed by atoms with van der Waals surface area (Å²) >= 11 is 6.39. The van der Waals surface area contributed by atoms with Gasteiger partial charge in [0.25, 0.3) is 0 Å². The van der Waals surface area contributed by atoms with Crippen LogP contribution in [-0.4, -0.2) is 54.4 Å². The summed E-state index contributed by atoms with van der Waals surface area (Å²) in [6.07, 6.45) is 12.5. The lowest BCUT2D eigenvalue weighted by molar-refractivity contribution is -0.199. The van der Waals surface area contributed by atoms with E-state index >= 15 is 0 Å². The van der Waals surface area contributed by atoms with Gasteiger partial charge >= 0.3 is 5.91 Å². The Kier molecular flexibility index (Phi) is 8.95. The number of ether oxygens (including phenoxy) is 1. The number of anilines is 1. The SMILES string of the molecule is O=C(NOC1CCCCO1)/C(F)=C\c1cnc(N[C@@H]2CCN(CC3CCCCC3)C2)c(Cl)c1. The van der Waals surface area contributed by atoms with E-state index in [4.69, 9.17) is 21.2 Å². The molecule has 9 heteroatoms. The lowest BCUT2D eigenvalue weighted by Crippen LogP contribution is -2.33. The van der Waals surface area contributed by atoms with Crippen LogP contribution in [0.2, 0.25) is 5.02 Å². The van der Waals surface area contributed by atoms with Gasteiger partial charge in [-0.1, -0.05) is 30.9 Å². The van der Waals surface area contributed by atoms with Gasteiger partial charge in [-0.15, -0.1) is 0 Å². The number of halogens is 2. The summed E-state index contributed by atoms with van der Waals surface area (Å²) < 4.78 is 19.6. The molecule has 3 fully saturated rings. The highest BCUT2D eigenvalue weighted by Gasteiger charge is 2.26. The molecule has 1 unspecified atom stereocenters. The van der Waals surface area contributed by atoms with E-state index in [1.54, 1.807) is 6.07 Å². The summed E-state index contributed by atoms with van der Waals surface area (Å²) in [7, 11) is 0. The number of likely N-dealkylation sites (tertiary alicyclic amines) is 1. The molecule has 4 rings (SSSR count). The van der Waals surface area contributed by atoms with Crippen molar-refractivity contribution in [3.63, 3.8) is 0 Å². The van der Waals surface area contributed by atoms with E-state index in [0.717, 1.165) is 44.3 Å². The number of carbonyl (C=O) groups is 1. The average Bonchev–Trinajstić information content (AvgIpc) is 3.27. The van der Waals surface area contributed by atoms with E-state index in [1.165, 1.54) is 44.8 Å². The van der Waals surface area contributed by atoms with Crippen molar-refractivity contribution in [1.29, 1.82) is 0 Å². The first kappa shape index (κ1) is 24.4. The van der Waals surface area contributed by atoms with Gasteiger partial charge in [0.05, 0.1) is 5.02 Å². The van der Waals surface area contributed by atoms with Crippen molar-refractivity contribution >= 4 is 29.4 Å². The number of nitrogens with zero attached hydrogens (tertiary/aromatic N) is 2. The maximum absolute atomic E-state index is 14.3. The number of hydrogen-bond donors (Lipinski definition) is 2. The van der Waals surface area contributed by atoms with Crippen molar-refractivity contribution in [3.8, 4) is 0 Å². The largest absolute Gasteiger partial charge is 0.365 e. The zero-order valence-electron chi connectivity index (χ0n) is 19.0. The molecule has 0 radical (unpaired) electrons. The molecule has 3 aliphatic rings. The average molecular weight is 481 g/mol. The van der Waals surface area contributed by atoms with Crippen LogP contribution in [0, 0.1) is 5.92 Å². The Balaban J connectivity index is 1.25. The zero-order valence-corrected chi connectivity index (χ0v) is 19.8.